The lowest BCUT2D eigenvalue weighted by atomic mass is 9.87. The number of amides is 1. The standard InChI is InChI=1S/C28H37N4O3Si/c1-26(2,3)21-13-15-23(16-14-21)36(22-11-8-7-9-12-22)35-28(24-19-29-31-30-24)17-10-18-32(20-28)25(33)34-27(4,5)6/h7-9,11-16,19H,10,17-18,20H2,1-6H3,(H,29,30,31). The second-order valence-electron chi connectivity index (χ2n) is 11.5. The molecule has 1 radical (unpaired) electrons. The molecule has 1 aromatic heterocycles. The van der Waals surface area contributed by atoms with E-state index in [0.29, 0.717) is 18.8 Å². The van der Waals surface area contributed by atoms with Crippen molar-refractivity contribution in [2.45, 2.75) is 71.0 Å². The molecule has 0 bridgehead atoms. The van der Waals surface area contributed by atoms with Gasteiger partial charge in [-0.25, -0.2) is 4.79 Å². The number of nitrogens with one attached hydrogen (secondary N) is 1. The minimum atomic E-state index is -1.69. The molecule has 1 atom stereocenters. The Balaban J connectivity index is 1.72. The highest BCUT2D eigenvalue weighted by molar-refractivity contribution is 6.80. The number of H-pyrrole nitrogens is 1. The van der Waals surface area contributed by atoms with Crippen molar-refractivity contribution in [3.05, 3.63) is 72.1 Å². The van der Waals surface area contributed by atoms with Crippen molar-refractivity contribution in [2.75, 3.05) is 13.1 Å². The number of carbonyl (C=O) groups is 1. The molecule has 36 heavy (non-hydrogen) atoms. The van der Waals surface area contributed by atoms with Gasteiger partial charge in [-0.1, -0.05) is 75.4 Å². The maximum Gasteiger partial charge on any atom is 0.410 e. The van der Waals surface area contributed by atoms with Gasteiger partial charge in [0, 0.05) is 6.54 Å². The molecule has 2 heterocycles. The fourth-order valence-electron chi connectivity index (χ4n) is 4.46. The van der Waals surface area contributed by atoms with Gasteiger partial charge in [-0.15, -0.1) is 0 Å². The van der Waals surface area contributed by atoms with E-state index in [9.17, 15) is 4.79 Å². The van der Waals surface area contributed by atoms with Crippen LogP contribution in [0.3, 0.4) is 0 Å². The van der Waals surface area contributed by atoms with E-state index in [1.807, 2.05) is 39.0 Å². The SMILES string of the molecule is CC(C)(C)OC(=O)N1CCCC(O[Si](c2ccccc2)c2ccc(C(C)(C)C)cc2)(c2cn[nH]n2)C1. The predicted octanol–water partition coefficient (Wildman–Crippen LogP) is 4.15. The lowest BCUT2D eigenvalue weighted by molar-refractivity contribution is -0.0334. The summed E-state index contributed by atoms with van der Waals surface area (Å²) < 4.78 is 12.9. The van der Waals surface area contributed by atoms with Crippen LogP contribution in [0.1, 0.15) is 65.6 Å². The molecular formula is C28H37N4O3Si. The van der Waals surface area contributed by atoms with Gasteiger partial charge in [-0.2, -0.15) is 15.4 Å². The zero-order chi connectivity index (χ0) is 26.0. The van der Waals surface area contributed by atoms with Gasteiger partial charge < -0.3 is 14.1 Å². The quantitative estimate of drug-likeness (QED) is 0.527. The molecule has 0 spiro atoms. The molecule has 3 aromatic rings. The Kier molecular flexibility index (Phi) is 7.38. The Labute approximate surface area is 215 Å². The van der Waals surface area contributed by atoms with E-state index in [-0.39, 0.29) is 11.5 Å². The van der Waals surface area contributed by atoms with Crippen LogP contribution in [-0.2, 0) is 20.2 Å². The molecule has 7 nitrogen and oxygen atoms in total. The van der Waals surface area contributed by atoms with Crippen LogP contribution in [0.25, 0.3) is 0 Å². The first kappa shape index (κ1) is 26.1. The van der Waals surface area contributed by atoms with Crippen LogP contribution in [-0.4, -0.2) is 54.1 Å². The largest absolute Gasteiger partial charge is 0.444 e. The Bertz CT molecular complexity index is 1140. The predicted molar refractivity (Wildman–Crippen MR) is 143 cm³/mol. The highest BCUT2D eigenvalue weighted by Gasteiger charge is 2.45. The number of benzene rings is 2. The summed E-state index contributed by atoms with van der Waals surface area (Å²) in [6.07, 6.45) is 2.90. The van der Waals surface area contributed by atoms with Crippen LogP contribution in [0.2, 0.25) is 0 Å². The van der Waals surface area contributed by atoms with E-state index in [4.69, 9.17) is 9.16 Å². The van der Waals surface area contributed by atoms with Gasteiger partial charge in [0.2, 0.25) is 0 Å². The van der Waals surface area contributed by atoms with Crippen molar-refractivity contribution in [3.8, 4) is 0 Å². The average Bonchev–Trinajstić information content (AvgIpc) is 3.38. The normalized spacial score (nSPS) is 18.9. The third kappa shape index (κ3) is 6.05. The van der Waals surface area contributed by atoms with Gasteiger partial charge in [-0.05, 0) is 55.0 Å². The first-order valence-electron chi connectivity index (χ1n) is 12.5. The zero-order valence-electron chi connectivity index (χ0n) is 22.2. The van der Waals surface area contributed by atoms with Crippen molar-refractivity contribution in [3.63, 3.8) is 0 Å². The Morgan fingerprint density at radius 2 is 1.67 bits per heavy atom. The summed E-state index contributed by atoms with van der Waals surface area (Å²) in [5, 5.41) is 13.6. The first-order chi connectivity index (χ1) is 17.0. The lowest BCUT2D eigenvalue weighted by Gasteiger charge is -2.43. The third-order valence-electron chi connectivity index (χ3n) is 6.33. The molecule has 1 saturated heterocycles. The fourth-order valence-corrected chi connectivity index (χ4v) is 6.66. The van der Waals surface area contributed by atoms with E-state index < -0.39 is 20.2 Å². The number of likely N-dealkylation sites (tertiary alicyclic amines) is 1. The molecule has 1 amide bonds. The number of aromatic nitrogens is 3. The molecule has 1 N–H and O–H groups in total. The Morgan fingerprint density at radius 1 is 1.00 bits per heavy atom. The summed E-state index contributed by atoms with van der Waals surface area (Å²) in [7, 11) is -1.69. The van der Waals surface area contributed by atoms with Gasteiger partial charge in [0.1, 0.15) is 16.9 Å². The Hall–Kier alpha value is -2.97. The van der Waals surface area contributed by atoms with Crippen molar-refractivity contribution in [1.82, 2.24) is 20.3 Å². The van der Waals surface area contributed by atoms with Crippen molar-refractivity contribution >= 4 is 25.5 Å². The second-order valence-corrected chi connectivity index (χ2v) is 13.5. The highest BCUT2D eigenvalue weighted by atomic mass is 28.3. The van der Waals surface area contributed by atoms with Crippen LogP contribution in [0.5, 0.6) is 0 Å². The molecule has 0 aliphatic carbocycles. The summed E-state index contributed by atoms with van der Waals surface area (Å²) in [6.45, 7) is 13.3. The van der Waals surface area contributed by atoms with E-state index in [0.717, 1.165) is 23.2 Å². The van der Waals surface area contributed by atoms with Gasteiger partial charge in [0.05, 0.1) is 12.7 Å². The van der Waals surface area contributed by atoms with Crippen LogP contribution < -0.4 is 10.4 Å². The Morgan fingerprint density at radius 3 is 2.25 bits per heavy atom. The number of aromatic amines is 1. The fraction of sp³-hybridized carbons (Fsp3) is 0.464. The number of carbonyl (C=O) groups excluding carboxylic acids is 1. The maximum absolute atomic E-state index is 13.0. The van der Waals surface area contributed by atoms with Gasteiger partial charge in [-0.3, -0.25) is 0 Å². The molecule has 8 heteroatoms. The smallest absolute Gasteiger partial charge is 0.410 e. The number of ether oxygens (including phenoxy) is 1. The maximum atomic E-state index is 13.0. The van der Waals surface area contributed by atoms with E-state index in [1.54, 1.807) is 11.1 Å². The van der Waals surface area contributed by atoms with E-state index >= 15 is 0 Å². The molecule has 191 valence electrons. The monoisotopic (exact) mass is 505 g/mol. The van der Waals surface area contributed by atoms with E-state index in [2.05, 4.69) is 72.6 Å². The number of hydrogen-bond acceptors (Lipinski definition) is 5. The molecule has 1 aliphatic heterocycles. The summed E-state index contributed by atoms with van der Waals surface area (Å²) >= 11 is 0. The molecule has 2 aromatic carbocycles. The number of nitrogens with zero attached hydrogens (tertiary/aromatic N) is 3. The van der Waals surface area contributed by atoms with Crippen LogP contribution in [0, 0.1) is 0 Å². The molecular weight excluding hydrogens is 468 g/mol. The van der Waals surface area contributed by atoms with Gasteiger partial charge in [0.25, 0.3) is 9.04 Å². The second kappa shape index (κ2) is 10.2. The molecule has 1 aliphatic rings. The number of rotatable bonds is 5. The molecule has 1 unspecified atom stereocenters. The van der Waals surface area contributed by atoms with Gasteiger partial charge in [0.15, 0.2) is 0 Å². The number of piperidine rings is 1. The summed E-state index contributed by atoms with van der Waals surface area (Å²) in [6, 6.07) is 19.1. The topological polar surface area (TPSA) is 80.3 Å². The molecule has 1 fully saturated rings. The first-order valence-corrected chi connectivity index (χ1v) is 13.9. The summed E-state index contributed by atoms with van der Waals surface area (Å²) in [4.78, 5) is 14.8. The number of hydrogen-bond donors (Lipinski definition) is 1. The third-order valence-corrected chi connectivity index (χ3v) is 8.65. The molecule has 4 rings (SSSR count). The van der Waals surface area contributed by atoms with Crippen molar-refractivity contribution in [2.24, 2.45) is 0 Å². The summed E-state index contributed by atoms with van der Waals surface area (Å²) in [5.74, 6) is 0. The van der Waals surface area contributed by atoms with Crippen molar-refractivity contribution < 1.29 is 14.0 Å². The zero-order valence-corrected chi connectivity index (χ0v) is 23.2. The van der Waals surface area contributed by atoms with E-state index in [1.165, 1.54) is 5.56 Å². The molecule has 0 saturated carbocycles. The van der Waals surface area contributed by atoms with Gasteiger partial charge >= 0.3 is 6.09 Å². The minimum Gasteiger partial charge on any atom is -0.444 e. The van der Waals surface area contributed by atoms with Crippen molar-refractivity contribution in [1.29, 1.82) is 0 Å². The lowest BCUT2D eigenvalue weighted by Crippen LogP contribution is -2.57. The van der Waals surface area contributed by atoms with Crippen LogP contribution >= 0.6 is 0 Å². The average molecular weight is 506 g/mol. The summed E-state index contributed by atoms with van der Waals surface area (Å²) in [5.41, 5.74) is 0.689. The highest BCUT2D eigenvalue weighted by Crippen LogP contribution is 2.35. The minimum absolute atomic E-state index is 0.0677. The van der Waals surface area contributed by atoms with Crippen LogP contribution in [0.4, 0.5) is 4.79 Å². The van der Waals surface area contributed by atoms with Crippen LogP contribution in [0.15, 0.2) is 60.8 Å².